The Bertz CT molecular complexity index is 733. The molecule has 26 heavy (non-hydrogen) atoms. The van der Waals surface area contributed by atoms with E-state index in [4.69, 9.17) is 0 Å². The van der Waals surface area contributed by atoms with Gasteiger partial charge in [-0.15, -0.1) is 0 Å². The van der Waals surface area contributed by atoms with Crippen molar-refractivity contribution in [3.05, 3.63) is 34.9 Å². The van der Waals surface area contributed by atoms with Crippen LogP contribution in [-0.2, 0) is 14.4 Å². The van der Waals surface area contributed by atoms with Gasteiger partial charge >= 0.3 is 12.1 Å². The smallest absolute Gasteiger partial charge is 0.406 e. The summed E-state index contributed by atoms with van der Waals surface area (Å²) < 4.78 is 37.3. The number of alkyl halides is 3. The van der Waals surface area contributed by atoms with Crippen molar-refractivity contribution in [3.63, 3.8) is 0 Å². The summed E-state index contributed by atoms with van der Waals surface area (Å²) in [5.41, 5.74) is 2.15. The number of hydrogen-bond acceptors (Lipinski definition) is 3. The maximum absolute atomic E-state index is 12.4. The van der Waals surface area contributed by atoms with Gasteiger partial charge in [0.05, 0.1) is 5.92 Å². The molecule has 0 spiro atoms. The maximum Gasteiger partial charge on any atom is 0.406 e. The summed E-state index contributed by atoms with van der Waals surface area (Å²) in [6.07, 6.45) is -4.93. The van der Waals surface area contributed by atoms with Gasteiger partial charge in [0.15, 0.2) is 6.04 Å². The van der Waals surface area contributed by atoms with E-state index in [0.29, 0.717) is 10.5 Å². The average molecular weight is 372 g/mol. The van der Waals surface area contributed by atoms with E-state index in [1.54, 1.807) is 25.1 Å². The molecule has 0 saturated carbocycles. The van der Waals surface area contributed by atoms with E-state index in [2.05, 4.69) is 5.32 Å². The van der Waals surface area contributed by atoms with Crippen molar-refractivity contribution < 1.29 is 32.7 Å². The van der Waals surface area contributed by atoms with Crippen LogP contribution in [0.4, 0.5) is 13.2 Å². The van der Waals surface area contributed by atoms with Gasteiger partial charge in [-0.1, -0.05) is 18.2 Å². The highest BCUT2D eigenvalue weighted by molar-refractivity contribution is 5.91. The minimum absolute atomic E-state index is 0.352. The largest absolute Gasteiger partial charge is 0.479 e. The standard InChI is InChI=1S/C17H19F3N2O4/c1-9-3-4-11(5-10(9)2)14(16(25)26)21-15(24)12-6-13(23)22(7-12)8-17(18,19)20/h3-5,12,14H,6-8H2,1-2H3,(H,21,24)(H,25,26). The molecule has 0 aromatic heterocycles. The highest BCUT2D eigenvalue weighted by atomic mass is 19.4. The van der Waals surface area contributed by atoms with Crippen LogP contribution in [-0.4, -0.2) is 47.1 Å². The molecule has 0 bridgehead atoms. The lowest BCUT2D eigenvalue weighted by molar-refractivity contribution is -0.157. The number of amides is 2. The summed E-state index contributed by atoms with van der Waals surface area (Å²) in [4.78, 5) is 36.1. The Morgan fingerprint density at radius 1 is 1.31 bits per heavy atom. The molecule has 142 valence electrons. The minimum atomic E-state index is -4.55. The first-order chi connectivity index (χ1) is 12.0. The van der Waals surface area contributed by atoms with E-state index < -0.39 is 42.5 Å². The number of aryl methyl sites for hydroxylation is 2. The molecule has 2 atom stereocenters. The van der Waals surface area contributed by atoms with E-state index in [9.17, 15) is 32.7 Å². The van der Waals surface area contributed by atoms with Gasteiger partial charge in [-0.2, -0.15) is 13.2 Å². The van der Waals surface area contributed by atoms with Gasteiger partial charge in [0, 0.05) is 13.0 Å². The second-order valence-electron chi connectivity index (χ2n) is 6.41. The number of hydrogen-bond donors (Lipinski definition) is 2. The van der Waals surface area contributed by atoms with Gasteiger partial charge in [0.25, 0.3) is 0 Å². The van der Waals surface area contributed by atoms with Crippen LogP contribution < -0.4 is 5.32 Å². The molecule has 2 amide bonds. The number of likely N-dealkylation sites (tertiary alicyclic amines) is 1. The van der Waals surface area contributed by atoms with Gasteiger partial charge in [-0.05, 0) is 30.5 Å². The third-order valence-corrected chi connectivity index (χ3v) is 4.35. The molecule has 0 radical (unpaired) electrons. The summed E-state index contributed by atoms with van der Waals surface area (Å²) in [6.45, 7) is 1.84. The number of nitrogens with one attached hydrogen (secondary N) is 1. The molecular weight excluding hydrogens is 353 g/mol. The van der Waals surface area contributed by atoms with Crippen molar-refractivity contribution in [2.24, 2.45) is 5.92 Å². The summed E-state index contributed by atoms with van der Waals surface area (Å²) in [7, 11) is 0. The van der Waals surface area contributed by atoms with E-state index in [1.807, 2.05) is 6.92 Å². The Morgan fingerprint density at radius 3 is 2.50 bits per heavy atom. The van der Waals surface area contributed by atoms with Gasteiger partial charge < -0.3 is 15.3 Å². The number of aliphatic carboxylic acids is 1. The van der Waals surface area contributed by atoms with Crippen molar-refractivity contribution in [1.29, 1.82) is 0 Å². The van der Waals surface area contributed by atoms with Gasteiger partial charge in [0.2, 0.25) is 11.8 Å². The van der Waals surface area contributed by atoms with E-state index in [0.717, 1.165) is 11.1 Å². The minimum Gasteiger partial charge on any atom is -0.479 e. The number of carboxylic acids is 1. The third kappa shape index (κ3) is 4.74. The molecule has 6 nitrogen and oxygen atoms in total. The third-order valence-electron chi connectivity index (χ3n) is 4.35. The number of benzene rings is 1. The molecule has 2 rings (SSSR count). The van der Waals surface area contributed by atoms with Crippen LogP contribution in [0.3, 0.4) is 0 Å². The van der Waals surface area contributed by atoms with Crippen LogP contribution >= 0.6 is 0 Å². The topological polar surface area (TPSA) is 86.7 Å². The molecule has 0 aliphatic carbocycles. The fraction of sp³-hybridized carbons (Fsp3) is 0.471. The van der Waals surface area contributed by atoms with Crippen molar-refractivity contribution in [1.82, 2.24) is 10.2 Å². The Balaban J connectivity index is 2.10. The molecule has 2 unspecified atom stereocenters. The zero-order chi connectivity index (χ0) is 19.6. The first-order valence-electron chi connectivity index (χ1n) is 7.93. The molecule has 1 heterocycles. The second kappa shape index (κ2) is 7.35. The summed E-state index contributed by atoms with van der Waals surface area (Å²) in [5, 5.41) is 11.7. The van der Waals surface area contributed by atoms with Crippen molar-refractivity contribution in [2.45, 2.75) is 32.5 Å². The second-order valence-corrected chi connectivity index (χ2v) is 6.41. The normalized spacial score (nSPS) is 18.7. The molecule has 1 aromatic carbocycles. The summed E-state index contributed by atoms with van der Waals surface area (Å²) in [6, 6.07) is 3.58. The molecule has 1 aliphatic rings. The van der Waals surface area contributed by atoms with Crippen LogP contribution in [0.2, 0.25) is 0 Å². The number of rotatable bonds is 5. The van der Waals surface area contributed by atoms with Crippen LogP contribution in [0.1, 0.15) is 29.2 Å². The van der Waals surface area contributed by atoms with Crippen molar-refractivity contribution in [2.75, 3.05) is 13.1 Å². The number of halogens is 3. The highest BCUT2D eigenvalue weighted by Gasteiger charge is 2.41. The first kappa shape index (κ1) is 19.7. The van der Waals surface area contributed by atoms with E-state index in [1.165, 1.54) is 0 Å². The summed E-state index contributed by atoms with van der Waals surface area (Å²) >= 11 is 0. The molecule has 1 saturated heterocycles. The van der Waals surface area contributed by atoms with E-state index >= 15 is 0 Å². The van der Waals surface area contributed by atoms with Crippen LogP contribution in [0.15, 0.2) is 18.2 Å². The maximum atomic E-state index is 12.4. The molecule has 2 N–H and O–H groups in total. The van der Waals surface area contributed by atoms with Gasteiger partial charge in [-0.3, -0.25) is 9.59 Å². The van der Waals surface area contributed by atoms with E-state index in [-0.39, 0.29) is 13.0 Å². The number of carbonyl (C=O) groups is 3. The van der Waals surface area contributed by atoms with Crippen LogP contribution in [0, 0.1) is 19.8 Å². The first-order valence-corrected chi connectivity index (χ1v) is 7.93. The fourth-order valence-electron chi connectivity index (χ4n) is 2.81. The Kier molecular flexibility index (Phi) is 5.58. The highest BCUT2D eigenvalue weighted by Crippen LogP contribution is 2.25. The molecule has 1 aliphatic heterocycles. The predicted octanol–water partition coefficient (Wildman–Crippen LogP) is 1.96. The Hall–Kier alpha value is -2.58. The molecule has 9 heteroatoms. The molecule has 1 fully saturated rings. The number of nitrogens with zero attached hydrogens (tertiary/aromatic N) is 1. The molecule has 1 aromatic rings. The number of carboxylic acid groups (broad SMARTS) is 1. The Morgan fingerprint density at radius 2 is 1.96 bits per heavy atom. The van der Waals surface area contributed by atoms with Gasteiger partial charge in [-0.25, -0.2) is 4.79 Å². The lowest BCUT2D eigenvalue weighted by atomic mass is 10.00. The average Bonchev–Trinajstić information content (AvgIpc) is 2.86. The predicted molar refractivity (Wildman–Crippen MR) is 85.2 cm³/mol. The Labute approximate surface area is 148 Å². The monoisotopic (exact) mass is 372 g/mol. The zero-order valence-electron chi connectivity index (χ0n) is 14.3. The fourth-order valence-corrected chi connectivity index (χ4v) is 2.81. The lowest BCUT2D eigenvalue weighted by Gasteiger charge is -2.20. The van der Waals surface area contributed by atoms with Crippen LogP contribution in [0.5, 0.6) is 0 Å². The lowest BCUT2D eigenvalue weighted by Crippen LogP contribution is -2.40. The quantitative estimate of drug-likeness (QED) is 0.827. The molecular formula is C17H19F3N2O4. The van der Waals surface area contributed by atoms with Crippen molar-refractivity contribution >= 4 is 17.8 Å². The SMILES string of the molecule is Cc1ccc(C(NC(=O)C2CC(=O)N(CC(F)(F)F)C2)C(=O)O)cc1C. The zero-order valence-corrected chi connectivity index (χ0v) is 14.3. The van der Waals surface area contributed by atoms with Gasteiger partial charge in [0.1, 0.15) is 6.54 Å². The van der Waals surface area contributed by atoms with Crippen molar-refractivity contribution in [3.8, 4) is 0 Å². The van der Waals surface area contributed by atoms with Crippen LogP contribution in [0.25, 0.3) is 0 Å². The summed E-state index contributed by atoms with van der Waals surface area (Å²) in [5.74, 6) is -3.84. The number of carbonyl (C=O) groups excluding carboxylic acids is 2.